The Kier molecular flexibility index (Phi) is 9.07. The molecule has 0 spiro atoms. The molecule has 0 amide bonds. The van der Waals surface area contributed by atoms with Crippen molar-refractivity contribution in [3.05, 3.63) is 66.2 Å². The molecule has 10 heteroatoms. The number of alkyl halides is 3. The second-order valence-corrected chi connectivity index (χ2v) is 10.2. The third-order valence-electron chi connectivity index (χ3n) is 5.77. The number of likely N-dealkylation sites (N-methyl/N-ethyl adjacent to an activating group) is 1. The van der Waals surface area contributed by atoms with Gasteiger partial charge in [0.25, 0.3) is 0 Å². The van der Waals surface area contributed by atoms with Crippen LogP contribution in [0.5, 0.6) is 5.75 Å². The number of nitrogens with zero attached hydrogens (tertiary/aromatic N) is 2. The largest absolute Gasteiger partial charge is 0.494 e. The Balaban J connectivity index is 1.58. The molecule has 2 aromatic carbocycles. The highest BCUT2D eigenvalue weighted by Crippen LogP contribution is 2.34. The molecule has 35 heavy (non-hydrogen) atoms. The van der Waals surface area contributed by atoms with Crippen LogP contribution >= 0.6 is 0 Å². The SMILES string of the molecule is C=CCN(C)CCCCCOc1ccc2c(c1)CCCN2S(=O)(=O)Nc1ccc(C(F)(F)F)cc1. The Morgan fingerprint density at radius 2 is 1.89 bits per heavy atom. The molecule has 0 saturated carbocycles. The van der Waals surface area contributed by atoms with Crippen LogP contribution in [0.15, 0.2) is 55.1 Å². The Morgan fingerprint density at radius 3 is 2.57 bits per heavy atom. The van der Waals surface area contributed by atoms with E-state index in [2.05, 4.69) is 23.2 Å². The Morgan fingerprint density at radius 1 is 1.14 bits per heavy atom. The molecule has 0 atom stereocenters. The number of ether oxygens (including phenoxy) is 1. The monoisotopic (exact) mass is 511 g/mol. The Bertz CT molecular complexity index is 1090. The van der Waals surface area contributed by atoms with Crippen LogP contribution in [-0.2, 0) is 22.8 Å². The fourth-order valence-corrected chi connectivity index (χ4v) is 5.32. The lowest BCUT2D eigenvalue weighted by Gasteiger charge is -2.31. The fourth-order valence-electron chi connectivity index (χ4n) is 3.97. The molecule has 1 aliphatic rings. The van der Waals surface area contributed by atoms with Crippen molar-refractivity contribution in [2.24, 2.45) is 0 Å². The van der Waals surface area contributed by atoms with Crippen LogP contribution in [0.3, 0.4) is 0 Å². The summed E-state index contributed by atoms with van der Waals surface area (Å²) in [6.45, 7) is 6.48. The van der Waals surface area contributed by atoms with Crippen molar-refractivity contribution in [1.82, 2.24) is 4.90 Å². The van der Waals surface area contributed by atoms with Crippen molar-refractivity contribution in [1.29, 1.82) is 0 Å². The van der Waals surface area contributed by atoms with Gasteiger partial charge in [-0.1, -0.05) is 6.08 Å². The summed E-state index contributed by atoms with van der Waals surface area (Å²) in [7, 11) is -1.94. The lowest BCUT2D eigenvalue weighted by Crippen LogP contribution is -2.39. The summed E-state index contributed by atoms with van der Waals surface area (Å²) in [5, 5.41) is 0. The van der Waals surface area contributed by atoms with Crippen LogP contribution in [0.25, 0.3) is 0 Å². The normalized spacial score (nSPS) is 14.0. The number of fused-ring (bicyclic) bond motifs is 1. The molecule has 1 aliphatic heterocycles. The van der Waals surface area contributed by atoms with Crippen molar-refractivity contribution in [2.75, 3.05) is 42.3 Å². The van der Waals surface area contributed by atoms with E-state index in [0.717, 1.165) is 62.2 Å². The number of rotatable bonds is 12. The minimum Gasteiger partial charge on any atom is -0.494 e. The van der Waals surface area contributed by atoms with Crippen molar-refractivity contribution in [3.63, 3.8) is 0 Å². The summed E-state index contributed by atoms with van der Waals surface area (Å²) in [6.07, 6.45) is 1.81. The highest BCUT2D eigenvalue weighted by atomic mass is 32.2. The van der Waals surface area contributed by atoms with Crippen molar-refractivity contribution in [2.45, 2.75) is 38.3 Å². The molecule has 6 nitrogen and oxygen atoms in total. The molecular weight excluding hydrogens is 479 g/mol. The highest BCUT2D eigenvalue weighted by molar-refractivity contribution is 7.94. The first-order valence-corrected chi connectivity index (χ1v) is 13.1. The number of unbranched alkanes of at least 4 members (excludes halogenated alkanes) is 2. The van der Waals surface area contributed by atoms with E-state index in [1.807, 2.05) is 12.1 Å². The number of aryl methyl sites for hydroxylation is 1. The number of hydrogen-bond acceptors (Lipinski definition) is 4. The zero-order chi connectivity index (χ0) is 25.5. The topological polar surface area (TPSA) is 61.9 Å². The third-order valence-corrected chi connectivity index (χ3v) is 7.22. The van der Waals surface area contributed by atoms with Crippen LogP contribution in [0.4, 0.5) is 24.5 Å². The van der Waals surface area contributed by atoms with Gasteiger partial charge in [0.15, 0.2) is 0 Å². The summed E-state index contributed by atoms with van der Waals surface area (Å²) in [4.78, 5) is 2.21. The summed E-state index contributed by atoms with van der Waals surface area (Å²) < 4.78 is 73.8. The molecule has 0 saturated heterocycles. The average Bonchev–Trinajstić information content (AvgIpc) is 2.80. The van der Waals surface area contributed by atoms with E-state index in [1.165, 1.54) is 4.31 Å². The molecule has 0 fully saturated rings. The second-order valence-electron chi connectivity index (χ2n) is 8.61. The smallest absolute Gasteiger partial charge is 0.416 e. The lowest BCUT2D eigenvalue weighted by molar-refractivity contribution is -0.137. The molecule has 192 valence electrons. The van der Waals surface area contributed by atoms with Gasteiger partial charge in [-0.15, -0.1) is 6.58 Å². The summed E-state index contributed by atoms with van der Waals surface area (Å²) in [6, 6.07) is 9.27. The van der Waals surface area contributed by atoms with E-state index < -0.39 is 21.9 Å². The van der Waals surface area contributed by atoms with Gasteiger partial charge in [-0.05, 0) is 93.7 Å². The van der Waals surface area contributed by atoms with Crippen LogP contribution in [-0.4, -0.2) is 46.6 Å². The maximum Gasteiger partial charge on any atom is 0.416 e. The maximum atomic E-state index is 13.0. The lowest BCUT2D eigenvalue weighted by atomic mass is 10.0. The summed E-state index contributed by atoms with van der Waals surface area (Å²) in [5.41, 5.74) is 0.642. The first kappa shape index (κ1) is 26.9. The predicted octanol–water partition coefficient (Wildman–Crippen LogP) is 5.48. The second kappa shape index (κ2) is 11.8. The first-order valence-electron chi connectivity index (χ1n) is 11.6. The summed E-state index contributed by atoms with van der Waals surface area (Å²) in [5.74, 6) is 0.697. The van der Waals surface area contributed by atoms with Gasteiger partial charge in [0, 0.05) is 13.1 Å². The quantitative estimate of drug-likeness (QED) is 0.303. The van der Waals surface area contributed by atoms with Crippen molar-refractivity contribution >= 4 is 21.6 Å². The van der Waals surface area contributed by atoms with Gasteiger partial charge < -0.3 is 9.64 Å². The minimum atomic E-state index is -4.48. The van der Waals surface area contributed by atoms with Crippen LogP contribution < -0.4 is 13.8 Å². The number of anilines is 2. The van der Waals surface area contributed by atoms with E-state index >= 15 is 0 Å². The molecule has 1 N–H and O–H groups in total. The minimum absolute atomic E-state index is 0.0702. The first-order chi connectivity index (χ1) is 16.6. The molecular formula is C25H32F3N3O3S. The number of halogens is 3. The molecule has 0 radical (unpaired) electrons. The zero-order valence-corrected chi connectivity index (χ0v) is 20.7. The molecule has 0 aliphatic carbocycles. The van der Waals surface area contributed by atoms with E-state index in [4.69, 9.17) is 4.74 Å². The molecule has 2 aromatic rings. The molecule has 0 bridgehead atoms. The van der Waals surface area contributed by atoms with Gasteiger partial charge in [-0.2, -0.15) is 21.6 Å². The predicted molar refractivity (Wildman–Crippen MR) is 133 cm³/mol. The molecule has 1 heterocycles. The average molecular weight is 512 g/mol. The van der Waals surface area contributed by atoms with E-state index in [9.17, 15) is 21.6 Å². The van der Waals surface area contributed by atoms with Gasteiger partial charge in [0.2, 0.25) is 0 Å². The fraction of sp³-hybridized carbons (Fsp3) is 0.440. The summed E-state index contributed by atoms with van der Waals surface area (Å²) >= 11 is 0. The van der Waals surface area contributed by atoms with Gasteiger partial charge >= 0.3 is 16.4 Å². The van der Waals surface area contributed by atoms with E-state index in [0.29, 0.717) is 30.9 Å². The van der Waals surface area contributed by atoms with Crippen molar-refractivity contribution in [3.8, 4) is 5.75 Å². The highest BCUT2D eigenvalue weighted by Gasteiger charge is 2.31. The van der Waals surface area contributed by atoms with E-state index in [-0.39, 0.29) is 12.2 Å². The van der Waals surface area contributed by atoms with Gasteiger partial charge in [-0.3, -0.25) is 9.03 Å². The van der Waals surface area contributed by atoms with Crippen LogP contribution in [0.1, 0.15) is 36.8 Å². The third kappa shape index (κ3) is 7.63. The molecule has 3 rings (SSSR count). The molecule has 0 unspecified atom stereocenters. The number of hydrogen-bond donors (Lipinski definition) is 1. The Hall–Kier alpha value is -2.72. The molecule has 0 aromatic heterocycles. The number of nitrogens with one attached hydrogen (secondary N) is 1. The van der Waals surface area contributed by atoms with Crippen LogP contribution in [0.2, 0.25) is 0 Å². The standard InChI is InChI=1S/C25H32F3N3O3S/c1-3-15-30(2)16-5-4-6-18-34-23-13-14-24-20(19-23)8-7-17-31(24)35(32,33)29-22-11-9-21(10-12-22)25(26,27)28/h3,9-14,19,29H,1,4-8,15-18H2,2H3. The number of benzene rings is 2. The van der Waals surface area contributed by atoms with E-state index in [1.54, 1.807) is 12.1 Å². The maximum absolute atomic E-state index is 13.0. The van der Waals surface area contributed by atoms with Gasteiger partial charge in [0.05, 0.1) is 23.5 Å². The zero-order valence-electron chi connectivity index (χ0n) is 19.9. The van der Waals surface area contributed by atoms with Gasteiger partial charge in [-0.25, -0.2) is 0 Å². The van der Waals surface area contributed by atoms with Crippen molar-refractivity contribution < 1.29 is 26.3 Å². The Labute approximate surface area is 205 Å². The van der Waals surface area contributed by atoms with Crippen LogP contribution in [0, 0.1) is 0 Å². The van der Waals surface area contributed by atoms with Gasteiger partial charge in [0.1, 0.15) is 5.75 Å².